The van der Waals surface area contributed by atoms with Crippen molar-refractivity contribution in [3.05, 3.63) is 76.9 Å². The van der Waals surface area contributed by atoms with Crippen LogP contribution in [0.15, 0.2) is 49.0 Å². The van der Waals surface area contributed by atoms with Gasteiger partial charge < -0.3 is 5.73 Å². The van der Waals surface area contributed by atoms with Gasteiger partial charge in [-0.3, -0.25) is 0 Å². The van der Waals surface area contributed by atoms with Gasteiger partial charge in [0.2, 0.25) is 0 Å². The Kier molecular flexibility index (Phi) is 4.64. The molecule has 1 aliphatic carbocycles. The highest BCUT2D eigenvalue weighted by Crippen LogP contribution is 2.52. The van der Waals surface area contributed by atoms with E-state index in [4.69, 9.17) is 5.73 Å². The van der Waals surface area contributed by atoms with Gasteiger partial charge in [0.1, 0.15) is 0 Å². The van der Waals surface area contributed by atoms with E-state index in [0.717, 1.165) is 6.42 Å². The third kappa shape index (κ3) is 2.71. The lowest BCUT2D eigenvalue weighted by molar-refractivity contribution is 0.388. The Morgan fingerprint density at radius 3 is 2.33 bits per heavy atom. The average molecular weight is 319 g/mol. The Labute approximate surface area is 146 Å². The molecule has 2 aromatic rings. The zero-order valence-corrected chi connectivity index (χ0v) is 15.2. The molecule has 0 saturated carbocycles. The van der Waals surface area contributed by atoms with Crippen molar-refractivity contribution in [3.8, 4) is 0 Å². The van der Waals surface area contributed by atoms with Gasteiger partial charge in [-0.2, -0.15) is 0 Å². The predicted octanol–water partition coefficient (Wildman–Crippen LogP) is 5.73. The number of fused-ring (bicyclic) bond motifs is 1. The fraction of sp³-hybridized carbons (Fsp3) is 0.391. The molecule has 0 aliphatic heterocycles. The van der Waals surface area contributed by atoms with Gasteiger partial charge in [0.25, 0.3) is 0 Å². The van der Waals surface area contributed by atoms with Crippen LogP contribution in [0.1, 0.15) is 60.4 Å². The summed E-state index contributed by atoms with van der Waals surface area (Å²) in [7, 11) is 0. The second-order valence-corrected chi connectivity index (χ2v) is 7.36. The van der Waals surface area contributed by atoms with Crippen molar-refractivity contribution < 1.29 is 0 Å². The van der Waals surface area contributed by atoms with Gasteiger partial charge in [-0.05, 0) is 42.5 Å². The Hall–Kier alpha value is -1.86. The smallest absolute Gasteiger partial charge is 0.0741 e. The highest BCUT2D eigenvalue weighted by Gasteiger charge is 2.46. The van der Waals surface area contributed by atoms with Gasteiger partial charge in [-0.1, -0.05) is 86.4 Å². The van der Waals surface area contributed by atoms with Crippen LogP contribution in [0.5, 0.6) is 0 Å². The fourth-order valence-corrected chi connectivity index (χ4v) is 4.12. The van der Waals surface area contributed by atoms with E-state index in [9.17, 15) is 0 Å². The summed E-state index contributed by atoms with van der Waals surface area (Å²) in [5.74, 6) is 0.281. The first-order valence-electron chi connectivity index (χ1n) is 9.14. The van der Waals surface area contributed by atoms with E-state index in [1.54, 1.807) is 0 Å². The van der Waals surface area contributed by atoms with Crippen molar-refractivity contribution in [1.82, 2.24) is 0 Å². The van der Waals surface area contributed by atoms with E-state index >= 15 is 0 Å². The largest absolute Gasteiger partial charge is 0.317 e. The highest BCUT2D eigenvalue weighted by molar-refractivity contribution is 5.78. The van der Waals surface area contributed by atoms with E-state index in [1.165, 1.54) is 52.7 Å². The van der Waals surface area contributed by atoms with Gasteiger partial charge in [0.15, 0.2) is 0 Å². The Morgan fingerprint density at radius 1 is 1.00 bits per heavy atom. The molecule has 2 atom stereocenters. The molecule has 0 spiro atoms. The summed E-state index contributed by atoms with van der Waals surface area (Å²) in [6, 6.07) is 15.4. The second-order valence-electron chi connectivity index (χ2n) is 7.36. The number of benzene rings is 2. The third-order valence-electron chi connectivity index (χ3n) is 5.56. The first kappa shape index (κ1) is 17.0. The first-order chi connectivity index (χ1) is 11.5. The summed E-state index contributed by atoms with van der Waals surface area (Å²) in [5, 5.41) is 0. The van der Waals surface area contributed by atoms with Crippen molar-refractivity contribution in [2.45, 2.75) is 52.0 Å². The van der Waals surface area contributed by atoms with Crippen LogP contribution in [-0.4, -0.2) is 0 Å². The summed E-state index contributed by atoms with van der Waals surface area (Å²) in [5.41, 5.74) is 14.2. The standard InChI is InChI=1S/C23H29N/c1-5-6-7-8-21-18(4)20-15-17(3)11-14-22(20)23(21,24)19-12-9-16(2)10-13-19/h9-15,21H,4-8,24H2,1-3H3/t21-,23-/m1/s1. The van der Waals surface area contributed by atoms with Crippen LogP contribution < -0.4 is 5.73 Å². The molecule has 0 fully saturated rings. The minimum absolute atomic E-state index is 0.281. The molecule has 0 radical (unpaired) electrons. The van der Waals surface area contributed by atoms with Crippen molar-refractivity contribution >= 4 is 5.57 Å². The van der Waals surface area contributed by atoms with Gasteiger partial charge >= 0.3 is 0 Å². The summed E-state index contributed by atoms with van der Waals surface area (Å²) < 4.78 is 0. The van der Waals surface area contributed by atoms with Crippen LogP contribution in [-0.2, 0) is 5.54 Å². The quantitative estimate of drug-likeness (QED) is 0.700. The molecule has 0 unspecified atom stereocenters. The highest BCUT2D eigenvalue weighted by atomic mass is 14.8. The van der Waals surface area contributed by atoms with Crippen molar-refractivity contribution in [3.63, 3.8) is 0 Å². The number of unbranched alkanes of at least 4 members (excludes halogenated alkanes) is 2. The number of hydrogen-bond donors (Lipinski definition) is 1. The molecule has 0 heterocycles. The lowest BCUT2D eigenvalue weighted by atomic mass is 9.75. The maximum atomic E-state index is 7.15. The molecule has 1 nitrogen and oxygen atoms in total. The summed E-state index contributed by atoms with van der Waals surface area (Å²) >= 11 is 0. The number of nitrogens with two attached hydrogens (primary N) is 1. The van der Waals surface area contributed by atoms with E-state index < -0.39 is 5.54 Å². The van der Waals surface area contributed by atoms with Crippen LogP contribution in [0.4, 0.5) is 0 Å². The van der Waals surface area contributed by atoms with Crippen molar-refractivity contribution in [2.75, 3.05) is 0 Å². The van der Waals surface area contributed by atoms with Crippen LogP contribution in [0.2, 0.25) is 0 Å². The maximum absolute atomic E-state index is 7.15. The van der Waals surface area contributed by atoms with Crippen molar-refractivity contribution in [1.29, 1.82) is 0 Å². The first-order valence-corrected chi connectivity index (χ1v) is 9.14. The molecular formula is C23H29N. The molecule has 1 aliphatic rings. The average Bonchev–Trinajstić information content (AvgIpc) is 2.78. The number of hydrogen-bond acceptors (Lipinski definition) is 1. The molecule has 3 rings (SSSR count). The monoisotopic (exact) mass is 319 g/mol. The zero-order valence-electron chi connectivity index (χ0n) is 15.2. The summed E-state index contributed by atoms with van der Waals surface area (Å²) in [6.45, 7) is 11.0. The van der Waals surface area contributed by atoms with Crippen LogP contribution >= 0.6 is 0 Å². The fourth-order valence-electron chi connectivity index (χ4n) is 4.12. The third-order valence-corrected chi connectivity index (χ3v) is 5.56. The number of rotatable bonds is 5. The zero-order chi connectivity index (χ0) is 17.3. The molecule has 126 valence electrons. The van der Waals surface area contributed by atoms with Crippen LogP contribution in [0, 0.1) is 19.8 Å². The van der Waals surface area contributed by atoms with E-state index in [-0.39, 0.29) is 5.92 Å². The molecule has 0 bridgehead atoms. The molecule has 2 N–H and O–H groups in total. The normalized spacial score (nSPS) is 22.7. The second kappa shape index (κ2) is 6.57. The van der Waals surface area contributed by atoms with E-state index in [1.807, 2.05) is 0 Å². The molecule has 24 heavy (non-hydrogen) atoms. The molecule has 1 heteroatoms. The molecule has 0 amide bonds. The molecule has 0 aromatic heterocycles. The molecule has 2 aromatic carbocycles. The van der Waals surface area contributed by atoms with Crippen molar-refractivity contribution in [2.24, 2.45) is 11.7 Å². The summed E-state index contributed by atoms with van der Waals surface area (Å²) in [4.78, 5) is 0. The van der Waals surface area contributed by atoms with Gasteiger partial charge in [-0.15, -0.1) is 0 Å². The SMILES string of the molecule is C=C1c2cc(C)ccc2[C@@](N)(c2ccc(C)cc2)[C@@H]1CCCCC. The minimum Gasteiger partial charge on any atom is -0.317 e. The van der Waals surface area contributed by atoms with Gasteiger partial charge in [0.05, 0.1) is 5.54 Å². The molecular weight excluding hydrogens is 290 g/mol. The van der Waals surface area contributed by atoms with Crippen LogP contribution in [0.3, 0.4) is 0 Å². The lowest BCUT2D eigenvalue weighted by Gasteiger charge is -2.34. The Balaban J connectivity index is 2.10. The van der Waals surface area contributed by atoms with E-state index in [2.05, 4.69) is 69.8 Å². The van der Waals surface area contributed by atoms with Gasteiger partial charge in [0, 0.05) is 5.92 Å². The van der Waals surface area contributed by atoms with Gasteiger partial charge in [-0.25, -0.2) is 0 Å². The Bertz CT molecular complexity index is 741. The topological polar surface area (TPSA) is 26.0 Å². The van der Waals surface area contributed by atoms with E-state index in [0.29, 0.717) is 0 Å². The lowest BCUT2D eigenvalue weighted by Crippen LogP contribution is -2.42. The van der Waals surface area contributed by atoms with Crippen LogP contribution in [0.25, 0.3) is 5.57 Å². The maximum Gasteiger partial charge on any atom is 0.0741 e. The Morgan fingerprint density at radius 2 is 1.67 bits per heavy atom. The predicted molar refractivity (Wildman–Crippen MR) is 104 cm³/mol. The summed E-state index contributed by atoms with van der Waals surface area (Å²) in [6.07, 6.45) is 4.79. The minimum atomic E-state index is -0.457. The molecule has 0 saturated heterocycles. The number of aryl methyl sites for hydroxylation is 2.